The van der Waals surface area contributed by atoms with Crippen molar-refractivity contribution in [3.05, 3.63) is 107 Å². The maximum absolute atomic E-state index is 13.6. The van der Waals surface area contributed by atoms with Crippen molar-refractivity contribution in [2.75, 3.05) is 0 Å². The van der Waals surface area contributed by atoms with Crippen LogP contribution in [0.3, 0.4) is 0 Å². The van der Waals surface area contributed by atoms with Gasteiger partial charge in [-0.15, -0.1) is 0 Å². The fraction of sp³-hybridized carbons (Fsp3) is 0.286. The Hall–Kier alpha value is -3.11. The van der Waals surface area contributed by atoms with Crippen LogP contribution in [0.1, 0.15) is 37.0 Å². The quantitative estimate of drug-likeness (QED) is 0.436. The molecule has 0 aromatic heterocycles. The van der Waals surface area contributed by atoms with E-state index in [0.29, 0.717) is 24.4 Å². The van der Waals surface area contributed by atoms with E-state index in [1.165, 1.54) is 0 Å². The van der Waals surface area contributed by atoms with Gasteiger partial charge in [0, 0.05) is 30.5 Å². The van der Waals surface area contributed by atoms with Crippen LogP contribution in [0.4, 0.5) is 0 Å². The Labute approximate surface area is 201 Å². The molecule has 172 valence electrons. The van der Waals surface area contributed by atoms with E-state index in [0.717, 1.165) is 16.7 Å². The van der Waals surface area contributed by atoms with Crippen molar-refractivity contribution in [3.63, 3.8) is 0 Å². The molecule has 3 aromatic carbocycles. The van der Waals surface area contributed by atoms with E-state index >= 15 is 0 Å². The summed E-state index contributed by atoms with van der Waals surface area (Å²) in [6.07, 6.45) is 1.24. The van der Waals surface area contributed by atoms with Gasteiger partial charge in [0.15, 0.2) is 0 Å². The van der Waals surface area contributed by atoms with Gasteiger partial charge in [0.1, 0.15) is 6.04 Å². The molecule has 0 saturated carbocycles. The monoisotopic (exact) mass is 462 g/mol. The van der Waals surface area contributed by atoms with Gasteiger partial charge < -0.3 is 10.2 Å². The molecule has 1 atom stereocenters. The molecule has 0 fully saturated rings. The van der Waals surface area contributed by atoms with Gasteiger partial charge in [-0.2, -0.15) is 0 Å². The highest BCUT2D eigenvalue weighted by Gasteiger charge is 2.30. The largest absolute Gasteiger partial charge is 0.352 e. The molecule has 0 unspecified atom stereocenters. The van der Waals surface area contributed by atoms with Gasteiger partial charge in [-0.3, -0.25) is 9.59 Å². The molecule has 0 spiro atoms. The zero-order valence-corrected chi connectivity index (χ0v) is 20.0. The van der Waals surface area contributed by atoms with Gasteiger partial charge in [-0.1, -0.05) is 90.5 Å². The maximum atomic E-state index is 13.6. The molecule has 0 aliphatic carbocycles. The molecule has 0 heterocycles. The van der Waals surface area contributed by atoms with E-state index in [1.807, 2.05) is 98.8 Å². The third-order valence-corrected chi connectivity index (χ3v) is 5.83. The zero-order valence-electron chi connectivity index (χ0n) is 19.2. The van der Waals surface area contributed by atoms with Gasteiger partial charge in [0.05, 0.1) is 0 Å². The number of halogens is 1. The number of nitrogens with one attached hydrogen (secondary N) is 1. The van der Waals surface area contributed by atoms with E-state index in [-0.39, 0.29) is 24.3 Å². The van der Waals surface area contributed by atoms with Crippen molar-refractivity contribution in [1.29, 1.82) is 0 Å². The predicted molar refractivity (Wildman–Crippen MR) is 134 cm³/mol. The molecule has 0 saturated heterocycles. The molecule has 1 N–H and O–H groups in total. The highest BCUT2D eigenvalue weighted by molar-refractivity contribution is 6.31. The van der Waals surface area contributed by atoms with Crippen molar-refractivity contribution >= 4 is 23.4 Å². The summed E-state index contributed by atoms with van der Waals surface area (Å²) in [5.41, 5.74) is 2.93. The fourth-order valence-electron chi connectivity index (χ4n) is 3.80. The number of hydrogen-bond donors (Lipinski definition) is 1. The van der Waals surface area contributed by atoms with Gasteiger partial charge in [-0.25, -0.2) is 0 Å². The van der Waals surface area contributed by atoms with E-state index in [2.05, 4.69) is 5.32 Å². The van der Waals surface area contributed by atoms with Crippen molar-refractivity contribution in [3.8, 4) is 0 Å². The average Bonchev–Trinajstić information content (AvgIpc) is 2.81. The highest BCUT2D eigenvalue weighted by Crippen LogP contribution is 2.20. The molecular formula is C28H31ClN2O2. The normalized spacial score (nSPS) is 11.8. The van der Waals surface area contributed by atoms with Crippen molar-refractivity contribution in [2.24, 2.45) is 0 Å². The number of hydrogen-bond acceptors (Lipinski definition) is 2. The molecule has 0 bridgehead atoms. The van der Waals surface area contributed by atoms with E-state index in [9.17, 15) is 9.59 Å². The number of rotatable bonds is 10. The van der Waals surface area contributed by atoms with Crippen LogP contribution >= 0.6 is 11.6 Å². The first-order chi connectivity index (χ1) is 15.9. The van der Waals surface area contributed by atoms with E-state index in [1.54, 1.807) is 4.90 Å². The predicted octanol–water partition coefficient (Wildman–Crippen LogP) is 5.44. The number of carbonyl (C=O) groups is 2. The van der Waals surface area contributed by atoms with Crippen molar-refractivity contribution < 1.29 is 9.59 Å². The van der Waals surface area contributed by atoms with Crippen molar-refractivity contribution in [1.82, 2.24) is 10.2 Å². The molecule has 3 aromatic rings. The zero-order chi connectivity index (χ0) is 23.6. The number of aryl methyl sites for hydroxylation is 1. The Kier molecular flexibility index (Phi) is 9.08. The van der Waals surface area contributed by atoms with Gasteiger partial charge in [0.2, 0.25) is 11.8 Å². The highest BCUT2D eigenvalue weighted by atomic mass is 35.5. The molecule has 0 aliphatic heterocycles. The molecule has 3 rings (SSSR count). The summed E-state index contributed by atoms with van der Waals surface area (Å²) >= 11 is 6.31. The SMILES string of the molecule is CC(C)NC(=O)[C@@H](Cc1ccccc1)N(Cc1ccccc1)C(=O)CCc1ccccc1Cl. The first-order valence-corrected chi connectivity index (χ1v) is 11.7. The first kappa shape index (κ1) is 24.5. The third kappa shape index (κ3) is 7.47. The number of nitrogens with zero attached hydrogens (tertiary/aromatic N) is 1. The van der Waals surface area contributed by atoms with Crippen LogP contribution in [0.2, 0.25) is 5.02 Å². The van der Waals surface area contributed by atoms with E-state index < -0.39 is 6.04 Å². The van der Waals surface area contributed by atoms with E-state index in [4.69, 9.17) is 11.6 Å². The van der Waals surface area contributed by atoms with Crippen LogP contribution in [0, 0.1) is 0 Å². The molecule has 0 aliphatic rings. The molecule has 0 radical (unpaired) electrons. The second-order valence-corrected chi connectivity index (χ2v) is 8.87. The number of amides is 2. The Morgan fingerprint density at radius 1 is 0.848 bits per heavy atom. The number of carbonyl (C=O) groups excluding carboxylic acids is 2. The van der Waals surface area contributed by atoms with Gasteiger partial charge in [0.25, 0.3) is 0 Å². The molecule has 5 heteroatoms. The summed E-state index contributed by atoms with van der Waals surface area (Å²) in [5.74, 6) is -0.213. The van der Waals surface area contributed by atoms with Gasteiger partial charge >= 0.3 is 0 Å². The smallest absolute Gasteiger partial charge is 0.243 e. The second kappa shape index (κ2) is 12.2. The van der Waals surface area contributed by atoms with Crippen LogP contribution in [-0.4, -0.2) is 28.8 Å². The van der Waals surface area contributed by atoms with Crippen LogP contribution in [0.5, 0.6) is 0 Å². The minimum atomic E-state index is -0.617. The van der Waals surface area contributed by atoms with Gasteiger partial charge in [-0.05, 0) is 43.0 Å². The molecular weight excluding hydrogens is 432 g/mol. The topological polar surface area (TPSA) is 49.4 Å². The Balaban J connectivity index is 1.89. The molecule has 4 nitrogen and oxygen atoms in total. The minimum absolute atomic E-state index is 0.0208. The lowest BCUT2D eigenvalue weighted by molar-refractivity contribution is -0.141. The first-order valence-electron chi connectivity index (χ1n) is 11.3. The Bertz CT molecular complexity index is 1040. The van der Waals surface area contributed by atoms with Crippen LogP contribution in [0.25, 0.3) is 0 Å². The summed E-state index contributed by atoms with van der Waals surface area (Å²) in [4.78, 5) is 28.6. The molecule has 33 heavy (non-hydrogen) atoms. The standard InChI is InChI=1S/C28H31ClN2O2/c1-21(2)30-28(33)26(19-22-11-5-3-6-12-22)31(20-23-13-7-4-8-14-23)27(32)18-17-24-15-9-10-16-25(24)29/h3-16,21,26H,17-20H2,1-2H3,(H,30,33)/t26-/m1/s1. The van der Waals surface area contributed by atoms with Crippen LogP contribution in [-0.2, 0) is 29.0 Å². The Morgan fingerprint density at radius 2 is 1.42 bits per heavy atom. The average molecular weight is 463 g/mol. The summed E-state index contributed by atoms with van der Waals surface area (Å²) in [6, 6.07) is 26.6. The lowest BCUT2D eigenvalue weighted by Crippen LogP contribution is -2.51. The molecule has 2 amide bonds. The van der Waals surface area contributed by atoms with Crippen LogP contribution in [0.15, 0.2) is 84.9 Å². The number of benzene rings is 3. The van der Waals surface area contributed by atoms with Crippen LogP contribution < -0.4 is 5.32 Å². The fourth-order valence-corrected chi connectivity index (χ4v) is 4.03. The summed E-state index contributed by atoms with van der Waals surface area (Å²) in [6.45, 7) is 4.22. The lowest BCUT2D eigenvalue weighted by Gasteiger charge is -2.32. The Morgan fingerprint density at radius 3 is 2.03 bits per heavy atom. The summed E-state index contributed by atoms with van der Waals surface area (Å²) in [5, 5.41) is 3.66. The summed E-state index contributed by atoms with van der Waals surface area (Å²) in [7, 11) is 0. The van der Waals surface area contributed by atoms with Crippen molar-refractivity contribution in [2.45, 2.75) is 51.7 Å². The third-order valence-electron chi connectivity index (χ3n) is 5.46. The second-order valence-electron chi connectivity index (χ2n) is 8.47. The minimum Gasteiger partial charge on any atom is -0.352 e. The maximum Gasteiger partial charge on any atom is 0.243 e. The lowest BCUT2D eigenvalue weighted by atomic mass is 10.0. The summed E-state index contributed by atoms with van der Waals surface area (Å²) < 4.78 is 0.